The van der Waals surface area contributed by atoms with Crippen LogP contribution >= 0.6 is 22.7 Å². The monoisotopic (exact) mass is 688 g/mol. The van der Waals surface area contributed by atoms with Gasteiger partial charge >= 0.3 is 11.9 Å². The number of aromatic nitrogens is 1. The minimum atomic E-state index is -0.360. The van der Waals surface area contributed by atoms with Crippen LogP contribution in [0, 0.1) is 6.92 Å². The predicted octanol–water partition coefficient (Wildman–Crippen LogP) is 11.4. The highest BCUT2D eigenvalue weighted by Gasteiger charge is 2.10. The first-order chi connectivity index (χ1) is 23.4. The van der Waals surface area contributed by atoms with Gasteiger partial charge in [-0.05, 0) is 87.7 Å². The number of thiazole rings is 1. The third kappa shape index (κ3) is 11.4. The molecule has 0 aliphatic rings. The Labute approximate surface area is 290 Å². The predicted molar refractivity (Wildman–Crippen MR) is 195 cm³/mol. The summed E-state index contributed by atoms with van der Waals surface area (Å²) in [4.78, 5) is 31.2. The summed E-state index contributed by atoms with van der Waals surface area (Å²) in [6.45, 7) is 12.5. The highest BCUT2D eigenvalue weighted by Crippen LogP contribution is 2.39. The van der Waals surface area contributed by atoms with E-state index in [4.69, 9.17) is 9.47 Å². The van der Waals surface area contributed by atoms with Gasteiger partial charge in [0.15, 0.2) is 0 Å². The molecule has 12 heteroatoms. The number of hydrogen-bond donors (Lipinski definition) is 0. The van der Waals surface area contributed by atoms with Gasteiger partial charge in [-0.15, -0.1) is 20.5 Å². The SMILES string of the molecule is C=CC(=O)OCCCCCCCCCCOC(=O)c1ccc(N=Nc2cc3sc(N=Nc4ccc(N(CC)CC)cc4C)nc3s2)cc1. The summed E-state index contributed by atoms with van der Waals surface area (Å²) < 4.78 is 11.4. The molecule has 0 unspecified atom stereocenters. The second-order valence-electron chi connectivity index (χ2n) is 11.2. The highest BCUT2D eigenvalue weighted by molar-refractivity contribution is 7.30. The quantitative estimate of drug-likeness (QED) is 0.0394. The van der Waals surface area contributed by atoms with Crippen molar-refractivity contribution >= 4 is 71.3 Å². The van der Waals surface area contributed by atoms with Crippen LogP contribution < -0.4 is 4.90 Å². The first-order valence-corrected chi connectivity index (χ1v) is 18.2. The summed E-state index contributed by atoms with van der Waals surface area (Å²) in [6, 6.07) is 15.1. The fourth-order valence-corrected chi connectivity index (χ4v) is 6.80. The molecule has 4 aromatic rings. The van der Waals surface area contributed by atoms with Crippen molar-refractivity contribution in [2.24, 2.45) is 20.5 Å². The molecule has 0 radical (unpaired) electrons. The van der Waals surface area contributed by atoms with Crippen LogP contribution in [0.3, 0.4) is 0 Å². The molecule has 0 N–H and O–H groups in total. The number of fused-ring (bicyclic) bond motifs is 1. The van der Waals surface area contributed by atoms with Crippen molar-refractivity contribution in [3.63, 3.8) is 0 Å². The maximum atomic E-state index is 12.4. The van der Waals surface area contributed by atoms with Gasteiger partial charge in [0.05, 0.1) is 34.9 Å². The Morgan fingerprint density at radius 3 is 2.10 bits per heavy atom. The third-order valence-electron chi connectivity index (χ3n) is 7.67. The highest BCUT2D eigenvalue weighted by atomic mass is 32.1. The number of aryl methyl sites for hydroxylation is 1. The van der Waals surface area contributed by atoms with E-state index in [1.807, 2.05) is 19.1 Å². The summed E-state index contributed by atoms with van der Waals surface area (Å²) in [7, 11) is 0. The van der Waals surface area contributed by atoms with Crippen molar-refractivity contribution in [1.82, 2.24) is 4.98 Å². The average Bonchev–Trinajstić information content (AvgIpc) is 3.66. The Morgan fingerprint density at radius 2 is 1.48 bits per heavy atom. The van der Waals surface area contributed by atoms with Gasteiger partial charge in [-0.3, -0.25) is 0 Å². The Hall–Kier alpha value is -4.29. The zero-order valence-corrected chi connectivity index (χ0v) is 29.7. The van der Waals surface area contributed by atoms with Gasteiger partial charge in [0.2, 0.25) is 5.13 Å². The van der Waals surface area contributed by atoms with E-state index in [-0.39, 0.29) is 11.9 Å². The minimum Gasteiger partial charge on any atom is -0.463 e. The summed E-state index contributed by atoms with van der Waals surface area (Å²) in [5.41, 5.74) is 4.22. The van der Waals surface area contributed by atoms with E-state index in [2.05, 4.69) is 62.9 Å². The van der Waals surface area contributed by atoms with E-state index in [9.17, 15) is 9.59 Å². The smallest absolute Gasteiger partial charge is 0.338 e. The van der Waals surface area contributed by atoms with E-state index < -0.39 is 0 Å². The number of hydrogen-bond acceptors (Lipinski definition) is 12. The largest absolute Gasteiger partial charge is 0.463 e. The number of unbranched alkanes of at least 4 members (excludes halogenated alkanes) is 7. The number of rotatable bonds is 20. The van der Waals surface area contributed by atoms with Gasteiger partial charge in [-0.1, -0.05) is 67.8 Å². The molecular weight excluding hydrogens is 645 g/mol. The molecule has 2 aromatic carbocycles. The maximum Gasteiger partial charge on any atom is 0.338 e. The Balaban J connectivity index is 1.15. The van der Waals surface area contributed by atoms with Crippen molar-refractivity contribution in [2.45, 2.75) is 72.1 Å². The van der Waals surface area contributed by atoms with Gasteiger partial charge in [0, 0.05) is 24.9 Å². The fourth-order valence-electron chi connectivity index (χ4n) is 4.95. The molecule has 0 fully saturated rings. The topological polar surface area (TPSA) is 118 Å². The third-order valence-corrected chi connectivity index (χ3v) is 9.60. The van der Waals surface area contributed by atoms with Crippen molar-refractivity contribution in [1.29, 1.82) is 0 Å². The van der Waals surface area contributed by atoms with Gasteiger partial charge in [-0.25, -0.2) is 14.6 Å². The van der Waals surface area contributed by atoms with Gasteiger partial charge < -0.3 is 14.4 Å². The summed E-state index contributed by atoms with van der Waals surface area (Å²) in [6.07, 6.45) is 9.53. The van der Waals surface area contributed by atoms with E-state index in [0.717, 1.165) is 90.2 Å². The number of azo groups is 2. The second kappa shape index (κ2) is 19.5. The van der Waals surface area contributed by atoms with Crippen molar-refractivity contribution < 1.29 is 19.1 Å². The molecule has 0 spiro atoms. The van der Waals surface area contributed by atoms with E-state index in [1.165, 1.54) is 34.4 Å². The average molecular weight is 689 g/mol. The Morgan fingerprint density at radius 1 is 0.812 bits per heavy atom. The lowest BCUT2D eigenvalue weighted by atomic mass is 10.1. The first-order valence-electron chi connectivity index (χ1n) is 16.6. The molecule has 0 aliphatic carbocycles. The molecule has 0 saturated heterocycles. The minimum absolute atomic E-state index is 0.333. The summed E-state index contributed by atoms with van der Waals surface area (Å²) in [5, 5.41) is 18.9. The molecule has 0 saturated carbocycles. The second-order valence-corrected chi connectivity index (χ2v) is 13.2. The number of benzene rings is 2. The normalized spacial score (nSPS) is 11.5. The van der Waals surface area contributed by atoms with Crippen LogP contribution in [0.2, 0.25) is 0 Å². The van der Waals surface area contributed by atoms with Crippen LogP contribution in [0.15, 0.2) is 81.6 Å². The van der Waals surface area contributed by atoms with Gasteiger partial charge in [-0.2, -0.15) is 0 Å². The Bertz CT molecular complexity index is 1660. The molecule has 254 valence electrons. The molecule has 0 aliphatic heterocycles. The summed E-state index contributed by atoms with van der Waals surface area (Å²) in [5.74, 6) is -0.693. The molecule has 4 rings (SSSR count). The lowest BCUT2D eigenvalue weighted by Gasteiger charge is -2.21. The number of esters is 2. The lowest BCUT2D eigenvalue weighted by Crippen LogP contribution is -2.21. The first kappa shape index (κ1) is 36.5. The van der Waals surface area contributed by atoms with E-state index in [1.54, 1.807) is 24.3 Å². The van der Waals surface area contributed by atoms with Crippen LogP contribution in [-0.2, 0) is 14.3 Å². The number of carbonyl (C=O) groups excluding carboxylic acids is 2. The molecule has 2 heterocycles. The fraction of sp³-hybridized carbons (Fsp3) is 0.417. The summed E-state index contributed by atoms with van der Waals surface area (Å²) >= 11 is 2.91. The number of carbonyl (C=O) groups is 2. The molecule has 48 heavy (non-hydrogen) atoms. The number of anilines is 1. The number of ether oxygens (including phenoxy) is 2. The van der Waals surface area contributed by atoms with Crippen LogP contribution in [0.1, 0.15) is 81.1 Å². The van der Waals surface area contributed by atoms with Gasteiger partial charge in [0.25, 0.3) is 0 Å². The molecule has 2 aromatic heterocycles. The maximum absolute atomic E-state index is 12.4. The molecule has 0 atom stereocenters. The zero-order chi connectivity index (χ0) is 34.1. The van der Waals surface area contributed by atoms with Crippen molar-refractivity contribution in [3.05, 3.63) is 72.3 Å². The van der Waals surface area contributed by atoms with Gasteiger partial charge in [0.1, 0.15) is 9.83 Å². The van der Waals surface area contributed by atoms with E-state index >= 15 is 0 Å². The molecule has 10 nitrogen and oxygen atoms in total. The zero-order valence-electron chi connectivity index (χ0n) is 28.0. The van der Waals surface area contributed by atoms with E-state index in [0.29, 0.717) is 29.6 Å². The van der Waals surface area contributed by atoms with Crippen LogP contribution in [0.4, 0.5) is 27.2 Å². The van der Waals surface area contributed by atoms with Crippen molar-refractivity contribution in [3.8, 4) is 0 Å². The van der Waals surface area contributed by atoms with Crippen molar-refractivity contribution in [2.75, 3.05) is 31.2 Å². The Kier molecular flexibility index (Phi) is 14.9. The molecule has 0 bridgehead atoms. The standard InChI is InChI=1S/C36H44N6O4S2/c1-5-33(43)45-22-14-12-10-8-9-11-13-15-23-46-35(44)27-16-18-28(19-17-27)38-40-32-25-31-34(48-32)37-36(47-31)41-39-30-21-20-29(24-26(30)4)42(6-2)7-3/h5,16-21,24-25H,1,6-15,22-23H2,2-4H3. The molecular formula is C36H44N6O4S2. The van der Waals surface area contributed by atoms with Crippen LogP contribution in [-0.4, -0.2) is 43.2 Å². The van der Waals surface area contributed by atoms with Crippen LogP contribution in [0.25, 0.3) is 9.53 Å². The molecule has 0 amide bonds. The number of thiophene rings is 1. The number of nitrogens with zero attached hydrogens (tertiary/aromatic N) is 6. The lowest BCUT2D eigenvalue weighted by molar-refractivity contribution is -0.137. The van der Waals surface area contributed by atoms with Crippen LogP contribution in [0.5, 0.6) is 0 Å².